The van der Waals surface area contributed by atoms with Gasteiger partial charge in [-0.15, -0.1) is 11.3 Å². The smallest absolute Gasteiger partial charge is 0.0540 e. The Balaban J connectivity index is 1.89. The van der Waals surface area contributed by atoms with Crippen molar-refractivity contribution in [3.63, 3.8) is 0 Å². The van der Waals surface area contributed by atoms with Gasteiger partial charge in [0.15, 0.2) is 0 Å². The van der Waals surface area contributed by atoms with Crippen molar-refractivity contribution in [1.82, 2.24) is 0 Å². The number of aliphatic hydroxyl groups excluding tert-OH is 1. The maximum absolute atomic E-state index is 9.88. The highest BCUT2D eigenvalue weighted by atomic mass is 32.1. The molecule has 0 aliphatic rings. The molecule has 104 valence electrons. The summed E-state index contributed by atoms with van der Waals surface area (Å²) in [4.78, 5) is 1.45. The van der Waals surface area contributed by atoms with Gasteiger partial charge in [-0.1, -0.05) is 51.5 Å². The Hall–Kier alpha value is -0.340. The van der Waals surface area contributed by atoms with Crippen molar-refractivity contribution in [3.8, 4) is 0 Å². The highest BCUT2D eigenvalue weighted by molar-refractivity contribution is 7.09. The molecule has 0 spiro atoms. The Bertz CT molecular complexity index is 269. The van der Waals surface area contributed by atoms with Crippen LogP contribution in [-0.4, -0.2) is 11.2 Å². The molecule has 0 saturated heterocycles. The van der Waals surface area contributed by atoms with Crippen molar-refractivity contribution >= 4 is 11.3 Å². The predicted octanol–water partition coefficient (Wildman–Crippen LogP) is 5.18. The SMILES string of the molecule is CCCCCCCCC(O)CCCc1cccs1. The second kappa shape index (κ2) is 10.6. The van der Waals surface area contributed by atoms with Crippen molar-refractivity contribution in [3.05, 3.63) is 22.4 Å². The molecule has 1 aromatic heterocycles. The lowest BCUT2D eigenvalue weighted by Gasteiger charge is -2.09. The molecule has 1 atom stereocenters. The van der Waals surface area contributed by atoms with Crippen LogP contribution >= 0.6 is 11.3 Å². The minimum atomic E-state index is -0.0730. The van der Waals surface area contributed by atoms with Crippen molar-refractivity contribution in [2.45, 2.75) is 77.2 Å². The van der Waals surface area contributed by atoms with E-state index in [2.05, 4.69) is 24.4 Å². The van der Waals surface area contributed by atoms with Crippen LogP contribution in [0.4, 0.5) is 0 Å². The van der Waals surface area contributed by atoms with Gasteiger partial charge in [0.05, 0.1) is 6.10 Å². The van der Waals surface area contributed by atoms with Crippen molar-refractivity contribution in [2.75, 3.05) is 0 Å². The molecule has 0 bridgehead atoms. The Morgan fingerprint density at radius 1 is 1.06 bits per heavy atom. The fourth-order valence-electron chi connectivity index (χ4n) is 2.27. The van der Waals surface area contributed by atoms with E-state index in [1.807, 2.05) is 11.3 Å². The van der Waals surface area contributed by atoms with Gasteiger partial charge in [0.25, 0.3) is 0 Å². The average molecular weight is 268 g/mol. The molecule has 1 N–H and O–H groups in total. The van der Waals surface area contributed by atoms with Crippen LogP contribution < -0.4 is 0 Å². The van der Waals surface area contributed by atoms with Gasteiger partial charge >= 0.3 is 0 Å². The summed E-state index contributed by atoms with van der Waals surface area (Å²) in [6, 6.07) is 4.29. The average Bonchev–Trinajstić information content (AvgIpc) is 2.87. The number of unbranched alkanes of at least 4 members (excludes halogenated alkanes) is 5. The molecule has 1 aromatic rings. The van der Waals surface area contributed by atoms with Gasteiger partial charge in [-0.25, -0.2) is 0 Å². The third kappa shape index (κ3) is 7.88. The molecule has 0 radical (unpaired) electrons. The number of aryl methyl sites for hydroxylation is 1. The highest BCUT2D eigenvalue weighted by Gasteiger charge is 2.04. The van der Waals surface area contributed by atoms with Crippen LogP contribution in [0.2, 0.25) is 0 Å². The van der Waals surface area contributed by atoms with Crippen LogP contribution in [0, 0.1) is 0 Å². The zero-order valence-electron chi connectivity index (χ0n) is 11.7. The van der Waals surface area contributed by atoms with Crippen molar-refractivity contribution in [2.24, 2.45) is 0 Å². The third-order valence-corrected chi connectivity index (χ3v) is 4.37. The van der Waals surface area contributed by atoms with E-state index in [4.69, 9.17) is 0 Å². The van der Waals surface area contributed by atoms with E-state index >= 15 is 0 Å². The molecule has 0 amide bonds. The first kappa shape index (κ1) is 15.7. The predicted molar refractivity (Wildman–Crippen MR) is 81.3 cm³/mol. The lowest BCUT2D eigenvalue weighted by atomic mass is 10.0. The fourth-order valence-corrected chi connectivity index (χ4v) is 3.02. The van der Waals surface area contributed by atoms with E-state index in [0.717, 1.165) is 25.7 Å². The molecule has 0 aliphatic heterocycles. The van der Waals surface area contributed by atoms with Crippen LogP contribution in [0.25, 0.3) is 0 Å². The van der Waals surface area contributed by atoms with Gasteiger partial charge in [0, 0.05) is 4.88 Å². The van der Waals surface area contributed by atoms with E-state index in [1.165, 1.54) is 43.4 Å². The minimum absolute atomic E-state index is 0.0730. The normalized spacial score (nSPS) is 12.8. The molecule has 1 nitrogen and oxygen atoms in total. The zero-order valence-corrected chi connectivity index (χ0v) is 12.6. The summed E-state index contributed by atoms with van der Waals surface area (Å²) < 4.78 is 0. The summed E-state index contributed by atoms with van der Waals surface area (Å²) >= 11 is 1.82. The largest absolute Gasteiger partial charge is 0.393 e. The van der Waals surface area contributed by atoms with E-state index in [0.29, 0.717) is 0 Å². The third-order valence-electron chi connectivity index (χ3n) is 3.43. The molecule has 0 saturated carbocycles. The molecule has 18 heavy (non-hydrogen) atoms. The molecule has 2 heteroatoms. The number of thiophene rings is 1. The van der Waals surface area contributed by atoms with E-state index in [1.54, 1.807) is 0 Å². The molecule has 0 aliphatic carbocycles. The Morgan fingerprint density at radius 3 is 2.50 bits per heavy atom. The number of rotatable bonds is 11. The summed E-state index contributed by atoms with van der Waals surface area (Å²) in [6.07, 6.45) is 12.0. The first-order chi connectivity index (χ1) is 8.83. The van der Waals surface area contributed by atoms with Crippen LogP contribution in [0.3, 0.4) is 0 Å². The second-order valence-electron chi connectivity index (χ2n) is 5.18. The van der Waals surface area contributed by atoms with Crippen LogP contribution in [0.5, 0.6) is 0 Å². The Labute approximate surface area is 116 Å². The summed E-state index contributed by atoms with van der Waals surface area (Å²) in [7, 11) is 0. The van der Waals surface area contributed by atoms with Gasteiger partial charge < -0.3 is 5.11 Å². The maximum atomic E-state index is 9.88. The van der Waals surface area contributed by atoms with Crippen LogP contribution in [0.1, 0.15) is 69.6 Å². The maximum Gasteiger partial charge on any atom is 0.0540 e. The quantitative estimate of drug-likeness (QED) is 0.548. The summed E-state index contributed by atoms with van der Waals surface area (Å²) in [5.41, 5.74) is 0. The second-order valence-corrected chi connectivity index (χ2v) is 6.21. The van der Waals surface area contributed by atoms with Gasteiger partial charge in [0.2, 0.25) is 0 Å². The standard InChI is InChI=1S/C16H28OS/c1-2-3-4-5-6-7-10-15(17)11-8-12-16-13-9-14-18-16/h9,13-15,17H,2-8,10-12H2,1H3. The molecular weight excluding hydrogens is 240 g/mol. The molecular formula is C16H28OS. The summed E-state index contributed by atoms with van der Waals surface area (Å²) in [5, 5.41) is 12.0. The molecule has 1 unspecified atom stereocenters. The van der Waals surface area contributed by atoms with Gasteiger partial charge in [-0.05, 0) is 37.1 Å². The zero-order chi connectivity index (χ0) is 13.1. The first-order valence-electron chi connectivity index (χ1n) is 7.53. The van der Waals surface area contributed by atoms with Crippen LogP contribution in [0.15, 0.2) is 17.5 Å². The van der Waals surface area contributed by atoms with Crippen molar-refractivity contribution in [1.29, 1.82) is 0 Å². The monoisotopic (exact) mass is 268 g/mol. The highest BCUT2D eigenvalue weighted by Crippen LogP contribution is 2.15. The Morgan fingerprint density at radius 2 is 1.78 bits per heavy atom. The lowest BCUT2D eigenvalue weighted by Crippen LogP contribution is -2.06. The molecule has 1 rings (SSSR count). The van der Waals surface area contributed by atoms with Gasteiger partial charge in [-0.3, -0.25) is 0 Å². The first-order valence-corrected chi connectivity index (χ1v) is 8.41. The fraction of sp³-hybridized carbons (Fsp3) is 0.750. The minimum Gasteiger partial charge on any atom is -0.393 e. The Kier molecular flexibility index (Phi) is 9.23. The molecule has 1 heterocycles. The van der Waals surface area contributed by atoms with Crippen molar-refractivity contribution < 1.29 is 5.11 Å². The van der Waals surface area contributed by atoms with Gasteiger partial charge in [-0.2, -0.15) is 0 Å². The molecule has 0 aromatic carbocycles. The number of hydrogen-bond donors (Lipinski definition) is 1. The topological polar surface area (TPSA) is 20.2 Å². The van der Waals surface area contributed by atoms with Crippen LogP contribution in [-0.2, 0) is 6.42 Å². The van der Waals surface area contributed by atoms with E-state index in [-0.39, 0.29) is 6.10 Å². The lowest BCUT2D eigenvalue weighted by molar-refractivity contribution is 0.148. The summed E-state index contributed by atoms with van der Waals surface area (Å²) in [5.74, 6) is 0. The summed E-state index contributed by atoms with van der Waals surface area (Å²) in [6.45, 7) is 2.25. The van der Waals surface area contributed by atoms with E-state index in [9.17, 15) is 5.11 Å². The number of hydrogen-bond acceptors (Lipinski definition) is 2. The molecule has 0 fully saturated rings. The van der Waals surface area contributed by atoms with E-state index < -0.39 is 0 Å². The van der Waals surface area contributed by atoms with Gasteiger partial charge in [0.1, 0.15) is 0 Å². The number of aliphatic hydroxyl groups is 1.